The molecule has 0 radical (unpaired) electrons. The monoisotopic (exact) mass is 342 g/mol. The highest BCUT2D eigenvalue weighted by Gasteiger charge is 2.11. The zero-order chi connectivity index (χ0) is 14.8. The molecule has 4 nitrogen and oxygen atoms in total. The fraction of sp³-hybridized carbons (Fsp3) is 0.533. The van der Waals surface area contributed by atoms with Gasteiger partial charge in [0, 0.05) is 17.6 Å². The van der Waals surface area contributed by atoms with Crippen molar-refractivity contribution in [1.82, 2.24) is 4.90 Å². The van der Waals surface area contributed by atoms with Crippen molar-refractivity contribution in [2.45, 2.75) is 26.2 Å². The minimum absolute atomic E-state index is 0.0223. The summed E-state index contributed by atoms with van der Waals surface area (Å²) in [5.74, 6) is -0.0223. The number of amides is 1. The number of nitrogens with zero attached hydrogens (tertiary/aromatic N) is 1. The van der Waals surface area contributed by atoms with Crippen LogP contribution in [0.25, 0.3) is 0 Å². The Morgan fingerprint density at radius 1 is 1.30 bits per heavy atom. The van der Waals surface area contributed by atoms with Crippen LogP contribution in [0.4, 0.5) is 5.69 Å². The highest BCUT2D eigenvalue weighted by molar-refractivity contribution is 9.10. The van der Waals surface area contributed by atoms with Crippen LogP contribution in [-0.2, 0) is 4.79 Å². The molecule has 0 heterocycles. The van der Waals surface area contributed by atoms with Crippen LogP contribution in [0.2, 0.25) is 0 Å². The molecule has 0 atom stereocenters. The third-order valence-corrected chi connectivity index (χ3v) is 3.67. The number of aliphatic hydroxyl groups excluding tert-OH is 1. The lowest BCUT2D eigenvalue weighted by atomic mass is 10.3. The molecule has 0 unspecified atom stereocenters. The molecule has 0 fully saturated rings. The molecule has 0 aliphatic heterocycles. The SMILES string of the molecule is CCCCN(CCCO)CC(=O)Nc1ccccc1Br. The Labute approximate surface area is 129 Å². The number of hydrogen-bond acceptors (Lipinski definition) is 3. The van der Waals surface area contributed by atoms with Gasteiger partial charge in [-0.15, -0.1) is 0 Å². The van der Waals surface area contributed by atoms with Crippen LogP contribution in [-0.4, -0.2) is 42.2 Å². The van der Waals surface area contributed by atoms with E-state index in [-0.39, 0.29) is 12.5 Å². The molecular weight excluding hydrogens is 320 g/mol. The molecule has 1 aromatic carbocycles. The number of carbonyl (C=O) groups is 1. The molecule has 0 aliphatic carbocycles. The second-order valence-corrected chi connectivity index (χ2v) is 5.59. The van der Waals surface area contributed by atoms with E-state index in [0.29, 0.717) is 13.0 Å². The van der Waals surface area contributed by atoms with Crippen molar-refractivity contribution in [3.8, 4) is 0 Å². The maximum Gasteiger partial charge on any atom is 0.238 e. The van der Waals surface area contributed by atoms with Gasteiger partial charge in [-0.2, -0.15) is 0 Å². The lowest BCUT2D eigenvalue weighted by Gasteiger charge is -2.21. The van der Waals surface area contributed by atoms with Gasteiger partial charge in [0.25, 0.3) is 0 Å². The number of carbonyl (C=O) groups excluding carboxylic acids is 1. The van der Waals surface area contributed by atoms with E-state index in [1.807, 2.05) is 24.3 Å². The number of unbranched alkanes of at least 4 members (excludes halogenated alkanes) is 1. The van der Waals surface area contributed by atoms with Crippen LogP contribution in [0.15, 0.2) is 28.7 Å². The third-order valence-electron chi connectivity index (χ3n) is 2.98. The maximum absolute atomic E-state index is 12.1. The highest BCUT2D eigenvalue weighted by atomic mass is 79.9. The normalized spacial score (nSPS) is 10.8. The van der Waals surface area contributed by atoms with E-state index in [4.69, 9.17) is 5.11 Å². The number of benzene rings is 1. The lowest BCUT2D eigenvalue weighted by Crippen LogP contribution is -2.35. The summed E-state index contributed by atoms with van der Waals surface area (Å²) >= 11 is 3.41. The van der Waals surface area contributed by atoms with Crippen molar-refractivity contribution in [2.75, 3.05) is 31.6 Å². The molecule has 5 heteroatoms. The number of nitrogens with one attached hydrogen (secondary N) is 1. The summed E-state index contributed by atoms with van der Waals surface area (Å²) in [5.41, 5.74) is 0.787. The van der Waals surface area contributed by atoms with Crippen molar-refractivity contribution in [3.63, 3.8) is 0 Å². The summed E-state index contributed by atoms with van der Waals surface area (Å²) in [4.78, 5) is 14.2. The van der Waals surface area contributed by atoms with Crippen LogP contribution in [0, 0.1) is 0 Å². The number of aliphatic hydroxyl groups is 1. The molecule has 112 valence electrons. The smallest absolute Gasteiger partial charge is 0.238 e. The van der Waals surface area contributed by atoms with E-state index in [0.717, 1.165) is 36.1 Å². The standard InChI is InChI=1S/C15H23BrN2O2/c1-2-3-9-18(10-6-11-19)12-15(20)17-14-8-5-4-7-13(14)16/h4-5,7-8,19H,2-3,6,9-12H2,1H3,(H,17,20). The average Bonchev–Trinajstić information content (AvgIpc) is 2.44. The highest BCUT2D eigenvalue weighted by Crippen LogP contribution is 2.20. The maximum atomic E-state index is 12.1. The van der Waals surface area contributed by atoms with Gasteiger partial charge >= 0.3 is 0 Å². The molecule has 0 spiro atoms. The van der Waals surface area contributed by atoms with Gasteiger partial charge in [-0.3, -0.25) is 9.69 Å². The molecule has 0 aromatic heterocycles. The molecule has 0 aliphatic rings. The molecule has 2 N–H and O–H groups in total. The fourth-order valence-electron chi connectivity index (χ4n) is 1.90. The van der Waals surface area contributed by atoms with E-state index in [1.165, 1.54) is 0 Å². The predicted octanol–water partition coefficient (Wildman–Crippen LogP) is 2.87. The number of para-hydroxylation sites is 1. The third kappa shape index (κ3) is 6.50. The van der Waals surface area contributed by atoms with Crippen molar-refractivity contribution in [1.29, 1.82) is 0 Å². The van der Waals surface area contributed by atoms with Gasteiger partial charge in [-0.05, 0) is 47.4 Å². The van der Waals surface area contributed by atoms with E-state index < -0.39 is 0 Å². The summed E-state index contributed by atoms with van der Waals surface area (Å²) in [7, 11) is 0. The summed E-state index contributed by atoms with van der Waals surface area (Å²) < 4.78 is 0.879. The van der Waals surface area contributed by atoms with E-state index >= 15 is 0 Å². The number of rotatable bonds is 9. The predicted molar refractivity (Wildman–Crippen MR) is 85.8 cm³/mol. The Balaban J connectivity index is 2.50. The quantitative estimate of drug-likeness (QED) is 0.725. The van der Waals surface area contributed by atoms with Gasteiger partial charge in [-0.1, -0.05) is 25.5 Å². The Bertz CT molecular complexity index is 405. The first kappa shape index (κ1) is 17.1. The lowest BCUT2D eigenvalue weighted by molar-refractivity contribution is -0.117. The van der Waals surface area contributed by atoms with Crippen molar-refractivity contribution >= 4 is 27.5 Å². The zero-order valence-corrected chi connectivity index (χ0v) is 13.5. The Morgan fingerprint density at radius 3 is 2.65 bits per heavy atom. The molecule has 1 rings (SSSR count). The van der Waals surface area contributed by atoms with Crippen LogP contribution < -0.4 is 5.32 Å². The Kier molecular flexibility index (Phi) is 8.49. The first-order valence-corrected chi connectivity index (χ1v) is 7.84. The van der Waals surface area contributed by atoms with Gasteiger partial charge in [0.15, 0.2) is 0 Å². The summed E-state index contributed by atoms with van der Waals surface area (Å²) in [6.45, 7) is 4.29. The Morgan fingerprint density at radius 2 is 2.00 bits per heavy atom. The summed E-state index contributed by atoms with van der Waals surface area (Å²) in [5, 5.41) is 11.8. The van der Waals surface area contributed by atoms with Crippen molar-refractivity contribution in [3.05, 3.63) is 28.7 Å². The number of hydrogen-bond donors (Lipinski definition) is 2. The van der Waals surface area contributed by atoms with Gasteiger partial charge in [0.2, 0.25) is 5.91 Å². The molecule has 20 heavy (non-hydrogen) atoms. The fourth-order valence-corrected chi connectivity index (χ4v) is 2.29. The second-order valence-electron chi connectivity index (χ2n) is 4.73. The number of halogens is 1. The van der Waals surface area contributed by atoms with Crippen LogP contribution in [0.5, 0.6) is 0 Å². The molecule has 0 saturated carbocycles. The molecule has 1 aromatic rings. The average molecular weight is 343 g/mol. The molecule has 0 saturated heterocycles. The first-order valence-electron chi connectivity index (χ1n) is 7.05. The minimum atomic E-state index is -0.0223. The van der Waals surface area contributed by atoms with Crippen LogP contribution in [0.1, 0.15) is 26.2 Å². The van der Waals surface area contributed by atoms with Gasteiger partial charge in [0.1, 0.15) is 0 Å². The van der Waals surface area contributed by atoms with Gasteiger partial charge in [-0.25, -0.2) is 0 Å². The van der Waals surface area contributed by atoms with Crippen LogP contribution >= 0.6 is 15.9 Å². The van der Waals surface area contributed by atoms with Crippen LogP contribution in [0.3, 0.4) is 0 Å². The molecule has 0 bridgehead atoms. The van der Waals surface area contributed by atoms with E-state index in [1.54, 1.807) is 0 Å². The van der Waals surface area contributed by atoms with Gasteiger partial charge < -0.3 is 10.4 Å². The Hall–Kier alpha value is -0.910. The van der Waals surface area contributed by atoms with Crippen molar-refractivity contribution in [2.24, 2.45) is 0 Å². The zero-order valence-electron chi connectivity index (χ0n) is 11.9. The largest absolute Gasteiger partial charge is 0.396 e. The topological polar surface area (TPSA) is 52.6 Å². The molecule has 1 amide bonds. The number of anilines is 1. The van der Waals surface area contributed by atoms with Gasteiger partial charge in [0.05, 0.1) is 12.2 Å². The minimum Gasteiger partial charge on any atom is -0.396 e. The molecular formula is C15H23BrN2O2. The van der Waals surface area contributed by atoms with E-state index in [2.05, 4.69) is 33.1 Å². The summed E-state index contributed by atoms with van der Waals surface area (Å²) in [6, 6.07) is 7.57. The van der Waals surface area contributed by atoms with Crippen molar-refractivity contribution < 1.29 is 9.90 Å². The van der Waals surface area contributed by atoms with E-state index in [9.17, 15) is 4.79 Å². The first-order chi connectivity index (χ1) is 9.67. The summed E-state index contributed by atoms with van der Waals surface area (Å²) in [6.07, 6.45) is 2.86. The second kappa shape index (κ2) is 9.91.